The highest BCUT2D eigenvalue weighted by atomic mass is 127. The summed E-state index contributed by atoms with van der Waals surface area (Å²) in [6.07, 6.45) is -0.893. The number of hydrogen-bond acceptors (Lipinski definition) is 9. The number of benzene rings is 2. The summed E-state index contributed by atoms with van der Waals surface area (Å²) in [4.78, 5) is 38.0. The summed E-state index contributed by atoms with van der Waals surface area (Å²) >= 11 is 4.21. The molecule has 2 saturated carbocycles. The molecule has 1 heterocycles. The summed E-state index contributed by atoms with van der Waals surface area (Å²) in [5.41, 5.74) is 0.368. The fourth-order valence-electron chi connectivity index (χ4n) is 5.19. The van der Waals surface area contributed by atoms with Crippen LogP contribution in [-0.2, 0) is 29.2 Å². The molecule has 178 valence electrons. The predicted octanol–water partition coefficient (Wildman–Crippen LogP) is 2.74. The molecular formula is C22H15I2O9S-. The predicted molar refractivity (Wildman–Crippen MR) is 130 cm³/mol. The van der Waals surface area contributed by atoms with Crippen LogP contribution >= 0.6 is 45.2 Å². The van der Waals surface area contributed by atoms with Gasteiger partial charge in [0.2, 0.25) is 0 Å². The van der Waals surface area contributed by atoms with Crippen molar-refractivity contribution in [1.29, 1.82) is 0 Å². The van der Waals surface area contributed by atoms with E-state index in [0.29, 0.717) is 12.0 Å². The fourth-order valence-corrected chi connectivity index (χ4v) is 7.60. The smallest absolute Gasteiger partial charge is 0.338 e. The summed E-state index contributed by atoms with van der Waals surface area (Å²) in [5.74, 6) is -4.00. The average Bonchev–Trinajstić information content (AvgIpc) is 3.36. The maximum Gasteiger partial charge on any atom is 0.338 e. The third-order valence-electron chi connectivity index (χ3n) is 6.49. The summed E-state index contributed by atoms with van der Waals surface area (Å²) in [7, 11) is -4.63. The van der Waals surface area contributed by atoms with E-state index < -0.39 is 62.9 Å². The molecule has 34 heavy (non-hydrogen) atoms. The topological polar surface area (TPSA) is 136 Å². The monoisotopic (exact) mass is 709 g/mol. The minimum Gasteiger partial charge on any atom is -0.744 e. The van der Waals surface area contributed by atoms with Gasteiger partial charge < -0.3 is 18.8 Å². The molecule has 0 amide bonds. The number of carbonyl (C=O) groups excluding carboxylic acids is 3. The van der Waals surface area contributed by atoms with Crippen molar-refractivity contribution in [1.82, 2.24) is 0 Å². The first-order chi connectivity index (χ1) is 16.0. The molecule has 2 aromatic rings. The molecule has 1 saturated heterocycles. The molecule has 0 radical (unpaired) electrons. The van der Waals surface area contributed by atoms with E-state index in [4.69, 9.17) is 14.2 Å². The van der Waals surface area contributed by atoms with Gasteiger partial charge in [0.1, 0.15) is 28.1 Å². The van der Waals surface area contributed by atoms with E-state index in [0.717, 1.165) is 19.3 Å². The average molecular weight is 709 g/mol. The molecule has 3 aliphatic rings. The highest BCUT2D eigenvalue weighted by molar-refractivity contribution is 14.1. The van der Waals surface area contributed by atoms with Crippen LogP contribution < -0.4 is 4.74 Å². The molecule has 2 bridgehead atoms. The zero-order valence-electron chi connectivity index (χ0n) is 17.1. The molecule has 12 heteroatoms. The largest absolute Gasteiger partial charge is 0.744 e. The normalized spacial score (nSPS) is 29.1. The molecule has 0 N–H and O–H groups in total. The standard InChI is InChI=1S/C22H16I2O9S/c23-10-5-9(6-11(24)7-10)20(25)32-18-14-8-15-17(22(27)33-19(15)18)16(14)21(26)31-12-1-3-13(4-2-12)34(28,29)30/h1-7,14-19H,8H2,(H,28,29,30)/p-1. The Balaban J connectivity index is 1.36. The molecule has 2 aliphatic carbocycles. The van der Waals surface area contributed by atoms with Gasteiger partial charge in [0.15, 0.2) is 0 Å². The molecule has 2 aromatic carbocycles. The van der Waals surface area contributed by atoms with Crippen molar-refractivity contribution < 1.29 is 41.6 Å². The SMILES string of the molecule is O=C(OC1C2CC3C1OC(=O)C3C2C(=O)Oc1ccc(S(=O)(=O)[O-])cc1)c1cc(I)cc(I)c1. The Hall–Kier alpha value is -1.78. The molecule has 1 aliphatic heterocycles. The Morgan fingerprint density at radius 2 is 1.68 bits per heavy atom. The third-order valence-corrected chi connectivity index (χ3v) is 8.59. The van der Waals surface area contributed by atoms with Gasteiger partial charge in [-0.3, -0.25) is 9.59 Å². The van der Waals surface area contributed by atoms with Gasteiger partial charge in [-0.25, -0.2) is 13.2 Å². The van der Waals surface area contributed by atoms with Crippen LogP contribution in [0, 0.1) is 30.8 Å². The van der Waals surface area contributed by atoms with Crippen molar-refractivity contribution >= 4 is 73.2 Å². The zero-order chi connectivity index (χ0) is 24.4. The van der Waals surface area contributed by atoms with Gasteiger partial charge in [0.25, 0.3) is 0 Å². The van der Waals surface area contributed by atoms with Crippen molar-refractivity contribution in [3.8, 4) is 5.75 Å². The zero-order valence-corrected chi connectivity index (χ0v) is 22.2. The van der Waals surface area contributed by atoms with E-state index in [1.807, 2.05) is 6.07 Å². The van der Waals surface area contributed by atoms with Crippen molar-refractivity contribution in [3.63, 3.8) is 0 Å². The van der Waals surface area contributed by atoms with Gasteiger partial charge in [-0.2, -0.15) is 0 Å². The quantitative estimate of drug-likeness (QED) is 0.199. The second kappa shape index (κ2) is 8.71. The van der Waals surface area contributed by atoms with E-state index in [1.54, 1.807) is 12.1 Å². The Bertz CT molecular complexity index is 1290. The maximum atomic E-state index is 13.1. The number of fused-ring (bicyclic) bond motifs is 1. The molecule has 9 nitrogen and oxygen atoms in total. The lowest BCUT2D eigenvalue weighted by molar-refractivity contribution is -0.149. The van der Waals surface area contributed by atoms with E-state index in [2.05, 4.69) is 45.2 Å². The van der Waals surface area contributed by atoms with Crippen molar-refractivity contribution in [2.75, 3.05) is 0 Å². The highest BCUT2D eigenvalue weighted by Gasteiger charge is 2.70. The summed E-state index contributed by atoms with van der Waals surface area (Å²) < 4.78 is 51.7. The molecule has 0 spiro atoms. The van der Waals surface area contributed by atoms with Gasteiger partial charge in [-0.1, -0.05) is 0 Å². The fraction of sp³-hybridized carbons (Fsp3) is 0.318. The number of halogens is 2. The Kier molecular flexibility index (Phi) is 6.13. The number of ether oxygens (including phenoxy) is 3. The Labute approximate surface area is 221 Å². The van der Waals surface area contributed by atoms with Crippen LogP contribution in [0.25, 0.3) is 0 Å². The van der Waals surface area contributed by atoms with Crippen LogP contribution in [0.1, 0.15) is 16.8 Å². The van der Waals surface area contributed by atoms with E-state index in [-0.39, 0.29) is 11.7 Å². The van der Waals surface area contributed by atoms with Crippen molar-refractivity contribution in [2.45, 2.75) is 23.5 Å². The summed E-state index contributed by atoms with van der Waals surface area (Å²) in [6.45, 7) is 0. The number of carbonyl (C=O) groups is 3. The first-order valence-electron chi connectivity index (χ1n) is 10.2. The first kappa shape index (κ1) is 23.9. The Morgan fingerprint density at radius 3 is 2.29 bits per heavy atom. The minimum absolute atomic E-state index is 0.0325. The van der Waals surface area contributed by atoms with Crippen molar-refractivity contribution in [3.05, 3.63) is 55.2 Å². The Morgan fingerprint density at radius 1 is 1.03 bits per heavy atom. The molecule has 3 fully saturated rings. The molecule has 5 rings (SSSR count). The van der Waals surface area contributed by atoms with E-state index >= 15 is 0 Å². The van der Waals surface area contributed by atoms with Crippen LogP contribution in [0.4, 0.5) is 0 Å². The van der Waals surface area contributed by atoms with Gasteiger partial charge >= 0.3 is 17.9 Å². The lowest BCUT2D eigenvalue weighted by Gasteiger charge is -2.30. The molecular weight excluding hydrogens is 694 g/mol. The van der Waals surface area contributed by atoms with Crippen LogP contribution in [0.3, 0.4) is 0 Å². The molecule has 0 aromatic heterocycles. The van der Waals surface area contributed by atoms with Crippen LogP contribution in [0.2, 0.25) is 0 Å². The second-order valence-electron chi connectivity index (χ2n) is 8.39. The number of esters is 3. The van der Waals surface area contributed by atoms with E-state index in [9.17, 15) is 27.4 Å². The van der Waals surface area contributed by atoms with Crippen molar-refractivity contribution in [2.24, 2.45) is 23.7 Å². The van der Waals surface area contributed by atoms with Crippen LogP contribution in [-0.4, -0.2) is 43.1 Å². The second-order valence-corrected chi connectivity index (χ2v) is 12.3. The highest BCUT2D eigenvalue weighted by Crippen LogP contribution is 2.59. The van der Waals surface area contributed by atoms with Gasteiger partial charge in [0, 0.05) is 19.0 Å². The van der Waals surface area contributed by atoms with Crippen LogP contribution in [0.5, 0.6) is 5.75 Å². The molecule has 6 atom stereocenters. The number of hydrogen-bond donors (Lipinski definition) is 0. The van der Waals surface area contributed by atoms with Gasteiger partial charge in [-0.05, 0) is 94.1 Å². The maximum absolute atomic E-state index is 13.1. The first-order valence-corrected chi connectivity index (χ1v) is 13.7. The summed E-state index contributed by atoms with van der Waals surface area (Å²) in [5, 5.41) is 0. The number of rotatable bonds is 5. The van der Waals surface area contributed by atoms with E-state index in [1.165, 1.54) is 12.1 Å². The minimum atomic E-state index is -4.63. The summed E-state index contributed by atoms with van der Waals surface area (Å²) in [6, 6.07) is 9.77. The third kappa shape index (κ3) is 4.22. The lowest BCUT2D eigenvalue weighted by Crippen LogP contribution is -2.44. The van der Waals surface area contributed by atoms with Gasteiger partial charge in [-0.15, -0.1) is 0 Å². The van der Waals surface area contributed by atoms with Crippen LogP contribution in [0.15, 0.2) is 47.4 Å². The lowest BCUT2D eigenvalue weighted by atomic mass is 9.78. The molecule has 6 unspecified atom stereocenters. The van der Waals surface area contributed by atoms with Gasteiger partial charge in [0.05, 0.1) is 22.3 Å².